The number of carbonyl (C=O) groups is 1. The molecule has 0 aromatic heterocycles. The highest BCUT2D eigenvalue weighted by molar-refractivity contribution is 5.78. The molecule has 4 nitrogen and oxygen atoms in total. The molecule has 1 fully saturated rings. The second kappa shape index (κ2) is 7.35. The van der Waals surface area contributed by atoms with E-state index >= 15 is 0 Å². The van der Waals surface area contributed by atoms with E-state index in [4.69, 9.17) is 9.47 Å². The lowest BCUT2D eigenvalue weighted by molar-refractivity contribution is -0.913. The Morgan fingerprint density at radius 2 is 1.87 bits per heavy atom. The number of aryl methyl sites for hydroxylation is 1. The van der Waals surface area contributed by atoms with E-state index in [1.807, 2.05) is 12.1 Å². The summed E-state index contributed by atoms with van der Waals surface area (Å²) in [6, 6.07) is 6.06. The van der Waals surface area contributed by atoms with Crippen LogP contribution < -0.4 is 9.47 Å². The van der Waals surface area contributed by atoms with Crippen LogP contribution in [0.3, 0.4) is 0 Å². The lowest BCUT2D eigenvalue weighted by atomic mass is 10.0. The number of quaternary nitrogens is 1. The van der Waals surface area contributed by atoms with Crippen molar-refractivity contribution in [3.63, 3.8) is 0 Å². The van der Waals surface area contributed by atoms with E-state index in [-0.39, 0.29) is 0 Å². The molecule has 2 heterocycles. The van der Waals surface area contributed by atoms with Crippen molar-refractivity contribution >= 4 is 5.78 Å². The quantitative estimate of drug-likeness (QED) is 0.724. The van der Waals surface area contributed by atoms with Crippen molar-refractivity contribution < 1.29 is 18.8 Å². The summed E-state index contributed by atoms with van der Waals surface area (Å²) in [6.07, 6.45) is 7.25. The molecule has 1 aromatic rings. The molecular weight excluding hydrogens is 290 g/mol. The minimum absolute atomic E-state index is 0.314. The Morgan fingerprint density at radius 1 is 1.09 bits per heavy atom. The van der Waals surface area contributed by atoms with Crippen molar-refractivity contribution in [1.29, 1.82) is 0 Å². The van der Waals surface area contributed by atoms with E-state index in [0.29, 0.717) is 19.0 Å². The summed E-state index contributed by atoms with van der Waals surface area (Å²) >= 11 is 0. The summed E-state index contributed by atoms with van der Waals surface area (Å²) in [6.45, 7) is 3.81. The Hall–Kier alpha value is -1.55. The van der Waals surface area contributed by atoms with Gasteiger partial charge < -0.3 is 14.0 Å². The molecule has 0 unspecified atom stereocenters. The molecule has 0 saturated carbocycles. The first-order valence-corrected chi connectivity index (χ1v) is 8.88. The van der Waals surface area contributed by atoms with Crippen LogP contribution in [0, 0.1) is 0 Å². The normalized spacial score (nSPS) is 18.8. The highest BCUT2D eigenvalue weighted by Crippen LogP contribution is 2.32. The Bertz CT molecular complexity index is 550. The van der Waals surface area contributed by atoms with Gasteiger partial charge in [-0.15, -0.1) is 0 Å². The Kier molecular flexibility index (Phi) is 5.21. The van der Waals surface area contributed by atoms with Crippen LogP contribution in [-0.4, -0.2) is 43.7 Å². The largest absolute Gasteiger partial charge is 0.454 e. The van der Waals surface area contributed by atoms with Gasteiger partial charge in [-0.1, -0.05) is 6.07 Å². The first kappa shape index (κ1) is 16.3. The molecule has 0 atom stereocenters. The predicted molar refractivity (Wildman–Crippen MR) is 89.8 cm³/mol. The van der Waals surface area contributed by atoms with Gasteiger partial charge in [0.05, 0.1) is 33.1 Å². The topological polar surface area (TPSA) is 35.5 Å². The fourth-order valence-electron chi connectivity index (χ4n) is 3.60. The van der Waals surface area contributed by atoms with Crippen molar-refractivity contribution in [2.24, 2.45) is 0 Å². The Morgan fingerprint density at radius 3 is 2.70 bits per heavy atom. The second-order valence-electron chi connectivity index (χ2n) is 7.18. The van der Waals surface area contributed by atoms with E-state index in [1.165, 1.54) is 37.9 Å². The number of nitrogens with zero attached hydrogens (tertiary/aromatic N) is 1. The zero-order valence-corrected chi connectivity index (χ0v) is 14.2. The number of likely N-dealkylation sites (tertiary alicyclic amines) is 1. The lowest BCUT2D eigenvalue weighted by Gasteiger charge is -2.37. The van der Waals surface area contributed by atoms with Crippen LogP contribution in [0.2, 0.25) is 0 Å². The number of rotatable bonds is 7. The maximum Gasteiger partial charge on any atom is 0.231 e. The third-order valence-corrected chi connectivity index (χ3v) is 5.18. The fraction of sp³-hybridized carbons (Fsp3) is 0.632. The molecule has 2 aliphatic heterocycles. The Labute approximate surface area is 139 Å². The smallest absolute Gasteiger partial charge is 0.231 e. The molecular formula is C19H28NO3+. The van der Waals surface area contributed by atoms with Crippen LogP contribution >= 0.6 is 0 Å². The number of benzene rings is 1. The number of fused-ring (bicyclic) bond motifs is 1. The average molecular weight is 318 g/mol. The first-order chi connectivity index (χ1) is 11.1. The van der Waals surface area contributed by atoms with Crippen molar-refractivity contribution in [2.45, 2.75) is 44.9 Å². The summed E-state index contributed by atoms with van der Waals surface area (Å²) in [4.78, 5) is 12.2. The van der Waals surface area contributed by atoms with Crippen LogP contribution in [0.1, 0.15) is 44.1 Å². The van der Waals surface area contributed by atoms with Gasteiger partial charge in [0, 0.05) is 6.42 Å². The van der Waals surface area contributed by atoms with Crippen LogP contribution in [0.25, 0.3) is 0 Å². The molecule has 2 aliphatic rings. The SMILES string of the molecule is C[N+]1(CCC(=O)CCCc2ccc3c(c2)OCO3)CCCCC1. The monoisotopic (exact) mass is 318 g/mol. The molecule has 23 heavy (non-hydrogen) atoms. The van der Waals surface area contributed by atoms with Gasteiger partial charge in [0.1, 0.15) is 5.78 Å². The van der Waals surface area contributed by atoms with E-state index in [2.05, 4.69) is 13.1 Å². The maximum absolute atomic E-state index is 12.2. The molecule has 4 heteroatoms. The second-order valence-corrected chi connectivity index (χ2v) is 7.18. The summed E-state index contributed by atoms with van der Waals surface area (Å²) in [5.74, 6) is 2.07. The highest BCUT2D eigenvalue weighted by atomic mass is 16.7. The summed E-state index contributed by atoms with van der Waals surface area (Å²) < 4.78 is 11.8. The summed E-state index contributed by atoms with van der Waals surface area (Å²) in [5, 5.41) is 0. The Balaban J connectivity index is 1.37. The van der Waals surface area contributed by atoms with E-state index < -0.39 is 0 Å². The van der Waals surface area contributed by atoms with Crippen LogP contribution in [0.5, 0.6) is 11.5 Å². The molecule has 1 aromatic carbocycles. The average Bonchev–Trinajstić information content (AvgIpc) is 3.01. The van der Waals surface area contributed by atoms with E-state index in [1.54, 1.807) is 0 Å². The van der Waals surface area contributed by atoms with Gasteiger partial charge in [-0.3, -0.25) is 4.79 Å². The fourth-order valence-corrected chi connectivity index (χ4v) is 3.60. The number of hydrogen-bond acceptors (Lipinski definition) is 3. The molecule has 0 N–H and O–H groups in total. The van der Waals surface area contributed by atoms with Crippen molar-refractivity contribution in [1.82, 2.24) is 0 Å². The van der Waals surface area contributed by atoms with Crippen molar-refractivity contribution in [3.05, 3.63) is 23.8 Å². The summed E-state index contributed by atoms with van der Waals surface area (Å²) in [7, 11) is 2.30. The first-order valence-electron chi connectivity index (χ1n) is 8.88. The van der Waals surface area contributed by atoms with Gasteiger partial charge in [-0.2, -0.15) is 0 Å². The van der Waals surface area contributed by atoms with Gasteiger partial charge in [0.25, 0.3) is 0 Å². The van der Waals surface area contributed by atoms with E-state index in [0.717, 1.165) is 41.8 Å². The minimum atomic E-state index is 0.314. The minimum Gasteiger partial charge on any atom is -0.454 e. The molecule has 126 valence electrons. The standard InChI is InChI=1S/C19H28NO3/c1-20(11-3-2-4-12-20)13-10-17(21)7-5-6-16-8-9-18-19(14-16)23-15-22-18/h8-9,14H,2-7,10-13,15H2,1H3/q+1. The molecule has 1 saturated heterocycles. The van der Waals surface area contributed by atoms with Gasteiger partial charge in [0.2, 0.25) is 6.79 Å². The zero-order valence-electron chi connectivity index (χ0n) is 14.2. The molecule has 0 radical (unpaired) electrons. The number of ketones is 1. The van der Waals surface area contributed by atoms with Crippen LogP contribution in [-0.2, 0) is 11.2 Å². The van der Waals surface area contributed by atoms with Gasteiger partial charge in [-0.05, 0) is 49.8 Å². The van der Waals surface area contributed by atoms with E-state index in [9.17, 15) is 4.79 Å². The van der Waals surface area contributed by atoms with Crippen LogP contribution in [0.15, 0.2) is 18.2 Å². The third-order valence-electron chi connectivity index (χ3n) is 5.18. The number of ether oxygens (including phenoxy) is 2. The number of hydrogen-bond donors (Lipinski definition) is 0. The number of Topliss-reactive ketones (excluding diaryl/α,β-unsaturated/α-hetero) is 1. The number of piperidine rings is 1. The van der Waals surface area contributed by atoms with Gasteiger partial charge >= 0.3 is 0 Å². The van der Waals surface area contributed by atoms with Gasteiger partial charge in [-0.25, -0.2) is 0 Å². The van der Waals surface area contributed by atoms with Crippen molar-refractivity contribution in [3.8, 4) is 11.5 Å². The molecule has 0 bridgehead atoms. The molecule has 0 aliphatic carbocycles. The molecule has 0 amide bonds. The third kappa shape index (κ3) is 4.47. The van der Waals surface area contributed by atoms with Gasteiger partial charge in [0.15, 0.2) is 11.5 Å². The predicted octanol–water partition coefficient (Wildman–Crippen LogP) is 3.33. The highest BCUT2D eigenvalue weighted by Gasteiger charge is 2.25. The zero-order chi connectivity index (χ0) is 16.1. The lowest BCUT2D eigenvalue weighted by Crippen LogP contribution is -2.48. The molecule has 3 rings (SSSR count). The number of carbonyl (C=O) groups excluding carboxylic acids is 1. The van der Waals surface area contributed by atoms with Crippen LogP contribution in [0.4, 0.5) is 0 Å². The molecule has 0 spiro atoms. The maximum atomic E-state index is 12.2. The summed E-state index contributed by atoms with van der Waals surface area (Å²) in [5.41, 5.74) is 1.22. The van der Waals surface area contributed by atoms with Crippen molar-refractivity contribution in [2.75, 3.05) is 33.5 Å².